The number of rotatable bonds is 5. The molecule has 1 aliphatic heterocycles. The minimum absolute atomic E-state index is 0.270. The largest absolute Gasteiger partial charge is 0.456 e. The lowest BCUT2D eigenvalue weighted by Gasteiger charge is -2.41. The Morgan fingerprint density at radius 3 is 2.18 bits per heavy atom. The molecule has 1 amide bonds. The lowest BCUT2D eigenvalue weighted by molar-refractivity contribution is -0.284. The molecule has 180 valence electrons. The molecule has 2 aromatic carbocycles. The van der Waals surface area contributed by atoms with E-state index in [1.807, 2.05) is 50.2 Å². The standard InChI is InChI=1S/C29H35NO4/c1-17-18(2)20(4)24(21(5)19(17)3)15-23-13-14-26(33-23)28(31)30-25-16-32-29(6,7)34-27(25)22-11-9-8-10-12-22/h8-14,25,27H,15-16H2,1-7H3,(H,30,31). The molecule has 0 spiro atoms. The Morgan fingerprint density at radius 2 is 1.53 bits per heavy atom. The first-order chi connectivity index (χ1) is 16.1. The van der Waals surface area contributed by atoms with Crippen molar-refractivity contribution in [3.63, 3.8) is 0 Å². The van der Waals surface area contributed by atoms with Crippen molar-refractivity contribution in [2.75, 3.05) is 6.61 Å². The van der Waals surface area contributed by atoms with Gasteiger partial charge in [0.15, 0.2) is 11.5 Å². The van der Waals surface area contributed by atoms with Gasteiger partial charge in [-0.3, -0.25) is 4.79 Å². The first kappa shape index (κ1) is 24.2. The zero-order valence-electron chi connectivity index (χ0n) is 21.2. The molecule has 2 atom stereocenters. The van der Waals surface area contributed by atoms with Crippen LogP contribution in [0.4, 0.5) is 0 Å². The van der Waals surface area contributed by atoms with Crippen LogP contribution in [0.2, 0.25) is 0 Å². The number of ether oxygens (including phenoxy) is 2. The Balaban J connectivity index is 1.52. The van der Waals surface area contributed by atoms with Gasteiger partial charge in [0, 0.05) is 6.42 Å². The summed E-state index contributed by atoms with van der Waals surface area (Å²) in [5, 5.41) is 3.06. The third-order valence-electron chi connectivity index (χ3n) is 7.22. The summed E-state index contributed by atoms with van der Waals surface area (Å²) in [5.74, 6) is 0.0757. The smallest absolute Gasteiger partial charge is 0.287 e. The zero-order valence-corrected chi connectivity index (χ0v) is 21.2. The number of benzene rings is 2. The molecular formula is C29H35NO4. The summed E-state index contributed by atoms with van der Waals surface area (Å²) < 4.78 is 18.0. The van der Waals surface area contributed by atoms with Crippen LogP contribution in [0, 0.1) is 34.6 Å². The van der Waals surface area contributed by atoms with Gasteiger partial charge in [-0.15, -0.1) is 0 Å². The molecule has 0 radical (unpaired) electrons. The summed E-state index contributed by atoms with van der Waals surface area (Å²) in [6, 6.07) is 13.2. The van der Waals surface area contributed by atoms with Gasteiger partial charge in [0.1, 0.15) is 11.9 Å². The minimum atomic E-state index is -0.723. The van der Waals surface area contributed by atoms with Crippen molar-refractivity contribution in [2.45, 2.75) is 72.8 Å². The maximum absolute atomic E-state index is 13.1. The highest BCUT2D eigenvalue weighted by Gasteiger charge is 2.38. The van der Waals surface area contributed by atoms with E-state index in [4.69, 9.17) is 13.9 Å². The molecule has 5 nitrogen and oxygen atoms in total. The summed E-state index contributed by atoms with van der Waals surface area (Å²) in [6.07, 6.45) is 0.343. The molecule has 1 N–H and O–H groups in total. The van der Waals surface area contributed by atoms with Crippen LogP contribution in [0.25, 0.3) is 0 Å². The molecular weight excluding hydrogens is 426 g/mol. The molecule has 0 saturated carbocycles. The van der Waals surface area contributed by atoms with E-state index in [1.54, 1.807) is 6.07 Å². The minimum Gasteiger partial charge on any atom is -0.456 e. The number of hydrogen-bond donors (Lipinski definition) is 1. The Bertz CT molecular complexity index is 1160. The molecule has 1 aromatic heterocycles. The van der Waals surface area contributed by atoms with Gasteiger partial charge in [0.25, 0.3) is 5.91 Å². The molecule has 1 aliphatic rings. The molecule has 2 unspecified atom stereocenters. The van der Waals surface area contributed by atoms with Gasteiger partial charge in [-0.25, -0.2) is 0 Å². The van der Waals surface area contributed by atoms with E-state index in [2.05, 4.69) is 39.9 Å². The topological polar surface area (TPSA) is 60.7 Å². The van der Waals surface area contributed by atoms with Crippen LogP contribution in [0.1, 0.15) is 75.2 Å². The number of furan rings is 1. The lowest BCUT2D eigenvalue weighted by atomic mass is 9.88. The van der Waals surface area contributed by atoms with E-state index >= 15 is 0 Å². The van der Waals surface area contributed by atoms with Crippen molar-refractivity contribution >= 4 is 5.91 Å². The quantitative estimate of drug-likeness (QED) is 0.504. The number of carbonyl (C=O) groups excluding carboxylic acids is 1. The normalized spacial score (nSPS) is 19.7. The van der Waals surface area contributed by atoms with Gasteiger partial charge in [0.05, 0.1) is 12.6 Å². The highest BCUT2D eigenvalue weighted by Crippen LogP contribution is 2.33. The number of nitrogens with one attached hydrogen (secondary N) is 1. The Morgan fingerprint density at radius 1 is 0.912 bits per heavy atom. The second kappa shape index (κ2) is 9.40. The van der Waals surface area contributed by atoms with Crippen molar-refractivity contribution in [2.24, 2.45) is 0 Å². The van der Waals surface area contributed by atoms with Crippen LogP contribution < -0.4 is 5.32 Å². The summed E-state index contributed by atoms with van der Waals surface area (Å²) in [7, 11) is 0. The average molecular weight is 462 g/mol. The zero-order chi connectivity index (χ0) is 24.6. The Hall–Kier alpha value is -2.89. The van der Waals surface area contributed by atoms with E-state index in [-0.39, 0.29) is 18.1 Å². The lowest BCUT2D eigenvalue weighted by Crippen LogP contribution is -2.51. The van der Waals surface area contributed by atoms with E-state index in [0.717, 1.165) is 11.3 Å². The second-order valence-corrected chi connectivity index (χ2v) is 9.79. The monoisotopic (exact) mass is 461 g/mol. The van der Waals surface area contributed by atoms with Crippen molar-refractivity contribution in [1.82, 2.24) is 5.32 Å². The third kappa shape index (κ3) is 4.82. The van der Waals surface area contributed by atoms with Crippen LogP contribution in [-0.2, 0) is 15.9 Å². The van der Waals surface area contributed by atoms with Gasteiger partial charge in [0.2, 0.25) is 0 Å². The number of hydrogen-bond acceptors (Lipinski definition) is 4. The number of amides is 1. The van der Waals surface area contributed by atoms with Crippen LogP contribution >= 0.6 is 0 Å². The maximum atomic E-state index is 13.1. The molecule has 5 heteroatoms. The molecule has 2 heterocycles. The third-order valence-corrected chi connectivity index (χ3v) is 7.22. The first-order valence-electron chi connectivity index (χ1n) is 11.9. The SMILES string of the molecule is Cc1c(C)c(C)c(Cc2ccc(C(=O)NC3COC(C)(C)OC3c3ccccc3)o2)c(C)c1C. The van der Waals surface area contributed by atoms with Gasteiger partial charge in [-0.2, -0.15) is 0 Å². The van der Waals surface area contributed by atoms with Crippen molar-refractivity contribution in [3.8, 4) is 0 Å². The number of carbonyl (C=O) groups is 1. The molecule has 34 heavy (non-hydrogen) atoms. The second-order valence-electron chi connectivity index (χ2n) is 9.79. The first-order valence-corrected chi connectivity index (χ1v) is 11.9. The fourth-order valence-corrected chi connectivity index (χ4v) is 4.71. The molecule has 1 fully saturated rings. The Kier molecular flexibility index (Phi) is 6.70. The van der Waals surface area contributed by atoms with Gasteiger partial charge >= 0.3 is 0 Å². The summed E-state index contributed by atoms with van der Waals surface area (Å²) >= 11 is 0. The van der Waals surface area contributed by atoms with E-state index < -0.39 is 5.79 Å². The summed E-state index contributed by atoms with van der Waals surface area (Å²) in [4.78, 5) is 13.1. The van der Waals surface area contributed by atoms with Crippen LogP contribution in [-0.4, -0.2) is 24.3 Å². The molecule has 1 saturated heterocycles. The molecule has 3 aromatic rings. The van der Waals surface area contributed by atoms with Crippen molar-refractivity contribution in [3.05, 3.63) is 92.9 Å². The fraction of sp³-hybridized carbons (Fsp3) is 0.414. The average Bonchev–Trinajstić information content (AvgIpc) is 3.30. The van der Waals surface area contributed by atoms with E-state index in [9.17, 15) is 4.79 Å². The Labute approximate surface area is 202 Å². The summed E-state index contributed by atoms with van der Waals surface area (Å²) in [6.45, 7) is 15.0. The van der Waals surface area contributed by atoms with Crippen LogP contribution in [0.3, 0.4) is 0 Å². The van der Waals surface area contributed by atoms with Crippen molar-refractivity contribution < 1.29 is 18.7 Å². The molecule has 4 rings (SSSR count). The molecule has 0 aliphatic carbocycles. The predicted octanol–water partition coefficient (Wildman–Crippen LogP) is 6.04. The predicted molar refractivity (Wildman–Crippen MR) is 133 cm³/mol. The van der Waals surface area contributed by atoms with Gasteiger partial charge < -0.3 is 19.2 Å². The van der Waals surface area contributed by atoms with E-state index in [0.29, 0.717) is 18.8 Å². The molecule has 0 bridgehead atoms. The van der Waals surface area contributed by atoms with Gasteiger partial charge in [-0.05, 0) is 99.5 Å². The van der Waals surface area contributed by atoms with Crippen LogP contribution in [0.5, 0.6) is 0 Å². The summed E-state index contributed by atoms with van der Waals surface area (Å²) in [5.41, 5.74) is 8.80. The van der Waals surface area contributed by atoms with Gasteiger partial charge in [-0.1, -0.05) is 30.3 Å². The highest BCUT2D eigenvalue weighted by atomic mass is 16.7. The fourth-order valence-electron chi connectivity index (χ4n) is 4.71. The van der Waals surface area contributed by atoms with Crippen LogP contribution in [0.15, 0.2) is 46.9 Å². The maximum Gasteiger partial charge on any atom is 0.287 e. The van der Waals surface area contributed by atoms with Crippen molar-refractivity contribution in [1.29, 1.82) is 0 Å². The highest BCUT2D eigenvalue weighted by molar-refractivity contribution is 5.91. The van der Waals surface area contributed by atoms with E-state index in [1.165, 1.54) is 33.4 Å².